The number of benzene rings is 2. The average Bonchev–Trinajstić information content (AvgIpc) is 2.61. The van der Waals surface area contributed by atoms with Crippen molar-refractivity contribution < 1.29 is 9.53 Å². The normalized spacial score (nSPS) is 11.7. The third kappa shape index (κ3) is 5.85. The third-order valence-corrected chi connectivity index (χ3v) is 4.28. The van der Waals surface area contributed by atoms with E-state index < -0.39 is 0 Å². The summed E-state index contributed by atoms with van der Waals surface area (Å²) >= 11 is 5.35. The number of thiocarbonyl (C=S) groups is 1. The summed E-state index contributed by atoms with van der Waals surface area (Å²) in [6.45, 7) is 8.06. The number of ether oxygens (including phenoxy) is 1. The standard InChI is InChI=1S/C21H26N2O2S/c1-5-15(4)16-6-10-18(11-7-16)22-21(26)23-19-12-8-17(9-13-19)20(24)25-14(2)3/h6-15H,5H2,1-4H3,(H2,22,23,26)/t15-/m1/s1. The second kappa shape index (κ2) is 9.34. The van der Waals surface area contributed by atoms with Crippen LogP contribution in [0.2, 0.25) is 0 Å². The number of hydrogen-bond donors (Lipinski definition) is 2. The van der Waals surface area contributed by atoms with E-state index in [1.54, 1.807) is 24.3 Å². The van der Waals surface area contributed by atoms with E-state index in [9.17, 15) is 4.79 Å². The number of carbonyl (C=O) groups excluding carboxylic acids is 1. The molecule has 0 unspecified atom stereocenters. The molecule has 0 saturated carbocycles. The van der Waals surface area contributed by atoms with Crippen LogP contribution in [0.15, 0.2) is 48.5 Å². The highest BCUT2D eigenvalue weighted by Crippen LogP contribution is 2.20. The smallest absolute Gasteiger partial charge is 0.338 e. The predicted molar refractivity (Wildman–Crippen MR) is 112 cm³/mol. The number of rotatable bonds is 6. The van der Waals surface area contributed by atoms with Crippen LogP contribution in [-0.2, 0) is 4.74 Å². The van der Waals surface area contributed by atoms with E-state index in [0.29, 0.717) is 16.6 Å². The van der Waals surface area contributed by atoms with E-state index in [4.69, 9.17) is 17.0 Å². The molecule has 26 heavy (non-hydrogen) atoms. The van der Waals surface area contributed by atoms with Crippen LogP contribution in [-0.4, -0.2) is 17.2 Å². The Kier molecular flexibility index (Phi) is 7.16. The lowest BCUT2D eigenvalue weighted by Crippen LogP contribution is -2.19. The summed E-state index contributed by atoms with van der Waals surface area (Å²) in [7, 11) is 0. The van der Waals surface area contributed by atoms with Gasteiger partial charge in [0, 0.05) is 11.4 Å². The van der Waals surface area contributed by atoms with Gasteiger partial charge in [-0.1, -0.05) is 26.0 Å². The minimum atomic E-state index is -0.325. The van der Waals surface area contributed by atoms with Crippen LogP contribution >= 0.6 is 12.2 Å². The fraction of sp³-hybridized carbons (Fsp3) is 0.333. The van der Waals surface area contributed by atoms with E-state index in [2.05, 4.69) is 36.6 Å². The summed E-state index contributed by atoms with van der Waals surface area (Å²) in [6, 6.07) is 15.3. The molecule has 0 fully saturated rings. The van der Waals surface area contributed by atoms with Gasteiger partial charge < -0.3 is 15.4 Å². The van der Waals surface area contributed by atoms with Crippen molar-refractivity contribution in [3.05, 3.63) is 59.7 Å². The Morgan fingerprint density at radius 2 is 1.46 bits per heavy atom. The Morgan fingerprint density at radius 1 is 0.962 bits per heavy atom. The molecule has 5 heteroatoms. The molecule has 0 heterocycles. The average molecular weight is 371 g/mol. The second-order valence-corrected chi connectivity index (χ2v) is 6.95. The van der Waals surface area contributed by atoms with E-state index in [1.165, 1.54) is 5.56 Å². The highest BCUT2D eigenvalue weighted by atomic mass is 32.1. The van der Waals surface area contributed by atoms with Crippen molar-refractivity contribution in [1.29, 1.82) is 0 Å². The highest BCUT2D eigenvalue weighted by molar-refractivity contribution is 7.80. The largest absolute Gasteiger partial charge is 0.459 e. The molecular weight excluding hydrogens is 344 g/mol. The Hall–Kier alpha value is -2.40. The maximum Gasteiger partial charge on any atom is 0.338 e. The van der Waals surface area contributed by atoms with Crippen molar-refractivity contribution in [2.24, 2.45) is 0 Å². The van der Waals surface area contributed by atoms with Gasteiger partial charge in [0.15, 0.2) is 5.11 Å². The molecule has 2 aromatic rings. The van der Waals surface area contributed by atoms with E-state index in [0.717, 1.165) is 17.8 Å². The van der Waals surface area contributed by atoms with Crippen molar-refractivity contribution in [1.82, 2.24) is 0 Å². The van der Waals surface area contributed by atoms with Gasteiger partial charge in [0.05, 0.1) is 11.7 Å². The van der Waals surface area contributed by atoms with Crippen molar-refractivity contribution in [3.63, 3.8) is 0 Å². The van der Waals surface area contributed by atoms with Gasteiger partial charge in [-0.05, 0) is 80.4 Å². The molecule has 138 valence electrons. The topological polar surface area (TPSA) is 50.4 Å². The van der Waals surface area contributed by atoms with Crippen LogP contribution < -0.4 is 10.6 Å². The summed E-state index contributed by atoms with van der Waals surface area (Å²) in [4.78, 5) is 11.8. The molecule has 2 aromatic carbocycles. The van der Waals surface area contributed by atoms with Gasteiger partial charge in [-0.25, -0.2) is 4.79 Å². The maximum atomic E-state index is 11.8. The predicted octanol–water partition coefficient (Wildman–Crippen LogP) is 5.57. The fourth-order valence-corrected chi connectivity index (χ4v) is 2.63. The summed E-state index contributed by atoms with van der Waals surface area (Å²) in [5.41, 5.74) is 3.58. The Bertz CT molecular complexity index is 740. The lowest BCUT2D eigenvalue weighted by molar-refractivity contribution is 0.0378. The number of esters is 1. The molecular formula is C21H26N2O2S. The van der Waals surface area contributed by atoms with Gasteiger partial charge in [0.2, 0.25) is 0 Å². The van der Waals surface area contributed by atoms with E-state index >= 15 is 0 Å². The summed E-state index contributed by atoms with van der Waals surface area (Å²) < 4.78 is 5.17. The summed E-state index contributed by atoms with van der Waals surface area (Å²) in [5.74, 6) is 0.226. The van der Waals surface area contributed by atoms with Crippen molar-refractivity contribution >= 4 is 34.7 Å². The molecule has 0 aliphatic heterocycles. The third-order valence-electron chi connectivity index (χ3n) is 4.07. The molecule has 0 radical (unpaired) electrons. The number of carbonyl (C=O) groups is 1. The van der Waals surface area contributed by atoms with Gasteiger partial charge >= 0.3 is 5.97 Å². The Morgan fingerprint density at radius 3 is 1.92 bits per heavy atom. The molecule has 0 bridgehead atoms. The lowest BCUT2D eigenvalue weighted by Gasteiger charge is -2.13. The number of anilines is 2. The van der Waals surface area contributed by atoms with Crippen LogP contribution in [0, 0.1) is 0 Å². The molecule has 0 amide bonds. The molecule has 0 aliphatic carbocycles. The monoisotopic (exact) mass is 370 g/mol. The number of hydrogen-bond acceptors (Lipinski definition) is 3. The molecule has 2 N–H and O–H groups in total. The minimum Gasteiger partial charge on any atom is -0.459 e. The first-order chi connectivity index (χ1) is 12.4. The quantitative estimate of drug-likeness (QED) is 0.514. The zero-order valence-electron chi connectivity index (χ0n) is 15.7. The first-order valence-corrected chi connectivity index (χ1v) is 9.29. The maximum absolute atomic E-state index is 11.8. The second-order valence-electron chi connectivity index (χ2n) is 6.54. The molecule has 0 aromatic heterocycles. The van der Waals surface area contributed by atoms with Gasteiger partial charge in [0.25, 0.3) is 0 Å². The van der Waals surface area contributed by atoms with E-state index in [1.807, 2.05) is 26.0 Å². The van der Waals surface area contributed by atoms with Gasteiger partial charge in [-0.15, -0.1) is 0 Å². The fourth-order valence-electron chi connectivity index (χ4n) is 2.40. The first-order valence-electron chi connectivity index (χ1n) is 8.88. The molecule has 0 spiro atoms. The molecule has 4 nitrogen and oxygen atoms in total. The SMILES string of the molecule is CC[C@@H](C)c1ccc(NC(=S)Nc2ccc(C(=O)OC(C)C)cc2)cc1. The van der Waals surface area contributed by atoms with Crippen LogP contribution in [0.5, 0.6) is 0 Å². The van der Waals surface area contributed by atoms with Crippen LogP contribution in [0.1, 0.15) is 56.0 Å². The summed E-state index contributed by atoms with van der Waals surface area (Å²) in [5, 5.41) is 6.78. The van der Waals surface area contributed by atoms with Crippen molar-refractivity contribution in [3.8, 4) is 0 Å². The molecule has 0 saturated heterocycles. The van der Waals surface area contributed by atoms with Crippen LogP contribution in [0.4, 0.5) is 11.4 Å². The van der Waals surface area contributed by atoms with Gasteiger partial charge in [-0.2, -0.15) is 0 Å². The van der Waals surface area contributed by atoms with E-state index in [-0.39, 0.29) is 12.1 Å². The van der Waals surface area contributed by atoms with Crippen molar-refractivity contribution in [2.45, 2.75) is 46.1 Å². The molecule has 2 rings (SSSR count). The zero-order valence-corrected chi connectivity index (χ0v) is 16.5. The zero-order chi connectivity index (χ0) is 19.1. The Labute approximate surface area is 161 Å². The molecule has 0 aliphatic rings. The summed E-state index contributed by atoms with van der Waals surface area (Å²) in [6.07, 6.45) is 0.983. The molecule has 1 atom stereocenters. The minimum absolute atomic E-state index is 0.135. The van der Waals surface area contributed by atoms with Crippen LogP contribution in [0.25, 0.3) is 0 Å². The number of nitrogens with one attached hydrogen (secondary N) is 2. The first kappa shape index (κ1) is 19.9. The highest BCUT2D eigenvalue weighted by Gasteiger charge is 2.09. The Balaban J connectivity index is 1.92. The van der Waals surface area contributed by atoms with Gasteiger partial charge in [-0.3, -0.25) is 0 Å². The van der Waals surface area contributed by atoms with Gasteiger partial charge in [0.1, 0.15) is 0 Å². The van der Waals surface area contributed by atoms with Crippen molar-refractivity contribution in [2.75, 3.05) is 10.6 Å². The van der Waals surface area contributed by atoms with Crippen LogP contribution in [0.3, 0.4) is 0 Å². The lowest BCUT2D eigenvalue weighted by atomic mass is 9.99.